The van der Waals surface area contributed by atoms with Gasteiger partial charge >= 0.3 is 11.9 Å². The highest BCUT2D eigenvalue weighted by Gasteiger charge is 2.28. The quantitative estimate of drug-likeness (QED) is 0.510. The van der Waals surface area contributed by atoms with Crippen molar-refractivity contribution in [3.05, 3.63) is 12.7 Å². The normalized spacial score (nSPS) is 13.8. The Balaban J connectivity index is 4.40. The molecule has 0 saturated heterocycles. The number of methoxy groups -OCH3 is 2. The largest absolute Gasteiger partial charge is 0.469 e. The van der Waals surface area contributed by atoms with Crippen LogP contribution in [0.4, 0.5) is 0 Å². The number of aliphatic hydroxyl groups is 1. The maximum absolute atomic E-state index is 11.2. The van der Waals surface area contributed by atoms with Gasteiger partial charge in [0.1, 0.15) is 0 Å². The molecular formula is C10H16O5. The Bertz CT molecular complexity index is 236. The van der Waals surface area contributed by atoms with Gasteiger partial charge in [-0.05, 0) is 6.42 Å². The third-order valence-corrected chi connectivity index (χ3v) is 1.99. The molecule has 5 heteroatoms. The molecule has 0 heterocycles. The number of carbonyl (C=O) groups is 2. The summed E-state index contributed by atoms with van der Waals surface area (Å²) in [6, 6.07) is 0. The first kappa shape index (κ1) is 13.6. The van der Waals surface area contributed by atoms with E-state index in [0.29, 0.717) is 0 Å². The summed E-state index contributed by atoms with van der Waals surface area (Å²) in [7, 11) is 2.44. The van der Waals surface area contributed by atoms with Crippen molar-refractivity contribution in [1.29, 1.82) is 0 Å². The second-order valence-corrected chi connectivity index (χ2v) is 3.00. The van der Waals surface area contributed by atoms with Gasteiger partial charge in [-0.3, -0.25) is 9.59 Å². The number of esters is 2. The van der Waals surface area contributed by atoms with Crippen LogP contribution in [0.25, 0.3) is 0 Å². The van der Waals surface area contributed by atoms with Crippen LogP contribution in [0.5, 0.6) is 0 Å². The van der Waals surface area contributed by atoms with Crippen LogP contribution >= 0.6 is 0 Å². The highest BCUT2D eigenvalue weighted by molar-refractivity contribution is 5.75. The molecule has 0 bridgehead atoms. The average molecular weight is 216 g/mol. The van der Waals surface area contributed by atoms with Gasteiger partial charge < -0.3 is 14.6 Å². The van der Waals surface area contributed by atoms with E-state index >= 15 is 0 Å². The van der Waals surface area contributed by atoms with Crippen LogP contribution in [-0.2, 0) is 19.1 Å². The molecule has 0 aromatic carbocycles. The molecule has 0 saturated carbocycles. The van der Waals surface area contributed by atoms with E-state index in [1.54, 1.807) is 0 Å². The molecule has 86 valence electrons. The SMILES string of the molecule is C=CC[C@@H](C(=O)OC)[C@@H](O)CC(=O)OC. The topological polar surface area (TPSA) is 72.8 Å². The lowest BCUT2D eigenvalue weighted by Gasteiger charge is -2.18. The zero-order chi connectivity index (χ0) is 11.8. The van der Waals surface area contributed by atoms with Crippen molar-refractivity contribution in [1.82, 2.24) is 0 Å². The van der Waals surface area contributed by atoms with Gasteiger partial charge in [0, 0.05) is 0 Å². The molecule has 0 aromatic rings. The second-order valence-electron chi connectivity index (χ2n) is 3.00. The van der Waals surface area contributed by atoms with Gasteiger partial charge in [-0.15, -0.1) is 6.58 Å². The molecule has 0 amide bonds. The minimum atomic E-state index is -1.11. The minimum absolute atomic E-state index is 0.232. The van der Waals surface area contributed by atoms with E-state index in [9.17, 15) is 14.7 Å². The van der Waals surface area contributed by atoms with E-state index in [0.717, 1.165) is 0 Å². The fraction of sp³-hybridized carbons (Fsp3) is 0.600. The molecule has 0 aliphatic heterocycles. The molecule has 0 rings (SSSR count). The Hall–Kier alpha value is -1.36. The standard InChI is InChI=1S/C10H16O5/c1-4-5-7(10(13)15-3)8(11)6-9(12)14-2/h4,7-8,11H,1,5-6H2,2-3H3/t7-,8+/m1/s1. The van der Waals surface area contributed by atoms with E-state index in [2.05, 4.69) is 16.1 Å². The predicted octanol–water partition coefficient (Wildman–Crippen LogP) is 0.276. The van der Waals surface area contributed by atoms with E-state index in [-0.39, 0.29) is 12.8 Å². The molecule has 0 radical (unpaired) electrons. The van der Waals surface area contributed by atoms with Crippen molar-refractivity contribution < 1.29 is 24.2 Å². The number of hydrogen-bond donors (Lipinski definition) is 1. The van der Waals surface area contributed by atoms with Crippen molar-refractivity contribution in [2.75, 3.05) is 14.2 Å². The van der Waals surface area contributed by atoms with Crippen LogP contribution in [-0.4, -0.2) is 37.4 Å². The Morgan fingerprint density at radius 1 is 1.40 bits per heavy atom. The Morgan fingerprint density at radius 3 is 2.40 bits per heavy atom. The smallest absolute Gasteiger partial charge is 0.311 e. The number of aliphatic hydroxyl groups excluding tert-OH is 1. The lowest BCUT2D eigenvalue weighted by atomic mass is 9.96. The summed E-state index contributed by atoms with van der Waals surface area (Å²) in [6.45, 7) is 3.46. The Labute approximate surface area is 88.7 Å². The zero-order valence-corrected chi connectivity index (χ0v) is 8.93. The average Bonchev–Trinajstić information content (AvgIpc) is 2.24. The van der Waals surface area contributed by atoms with Gasteiger partial charge in [0.05, 0.1) is 32.7 Å². The summed E-state index contributed by atoms with van der Waals surface area (Å²) in [5, 5.41) is 9.59. The molecule has 0 unspecified atom stereocenters. The Kier molecular flexibility index (Phi) is 6.37. The van der Waals surface area contributed by atoms with Crippen LogP contribution in [0, 0.1) is 5.92 Å². The first-order chi connectivity index (χ1) is 7.06. The van der Waals surface area contributed by atoms with E-state index in [4.69, 9.17) is 0 Å². The molecule has 15 heavy (non-hydrogen) atoms. The van der Waals surface area contributed by atoms with Gasteiger partial charge in [0.15, 0.2) is 0 Å². The summed E-state index contributed by atoms with van der Waals surface area (Å²) in [4.78, 5) is 22.1. The zero-order valence-electron chi connectivity index (χ0n) is 8.93. The maximum Gasteiger partial charge on any atom is 0.311 e. The van der Waals surface area contributed by atoms with Gasteiger partial charge in [0.25, 0.3) is 0 Å². The van der Waals surface area contributed by atoms with Gasteiger partial charge in [-0.1, -0.05) is 6.08 Å². The van der Waals surface area contributed by atoms with Crippen molar-refractivity contribution >= 4 is 11.9 Å². The molecule has 0 aliphatic rings. The van der Waals surface area contributed by atoms with E-state index < -0.39 is 24.0 Å². The third kappa shape index (κ3) is 4.60. The lowest BCUT2D eigenvalue weighted by molar-refractivity contribution is -0.152. The predicted molar refractivity (Wildman–Crippen MR) is 53.0 cm³/mol. The monoisotopic (exact) mass is 216 g/mol. The summed E-state index contributed by atoms with van der Waals surface area (Å²) in [5.74, 6) is -1.90. The van der Waals surface area contributed by atoms with Gasteiger partial charge in [0.2, 0.25) is 0 Å². The number of allylic oxidation sites excluding steroid dienone is 1. The van der Waals surface area contributed by atoms with Crippen LogP contribution in [0.1, 0.15) is 12.8 Å². The summed E-state index contributed by atoms with van der Waals surface area (Å²) >= 11 is 0. The van der Waals surface area contributed by atoms with Crippen LogP contribution in [0.15, 0.2) is 12.7 Å². The molecular weight excluding hydrogens is 200 g/mol. The molecule has 0 aliphatic carbocycles. The second kappa shape index (κ2) is 7.00. The van der Waals surface area contributed by atoms with Crippen LogP contribution < -0.4 is 0 Å². The van der Waals surface area contributed by atoms with Crippen molar-refractivity contribution in [2.24, 2.45) is 5.92 Å². The van der Waals surface area contributed by atoms with Gasteiger partial charge in [-0.2, -0.15) is 0 Å². The van der Waals surface area contributed by atoms with Crippen molar-refractivity contribution in [3.8, 4) is 0 Å². The number of hydrogen-bond acceptors (Lipinski definition) is 5. The fourth-order valence-corrected chi connectivity index (χ4v) is 1.14. The summed E-state index contributed by atoms with van der Waals surface area (Å²) < 4.78 is 8.89. The number of carbonyl (C=O) groups excluding carboxylic acids is 2. The van der Waals surface area contributed by atoms with Gasteiger partial charge in [-0.25, -0.2) is 0 Å². The molecule has 1 N–H and O–H groups in total. The highest BCUT2D eigenvalue weighted by Crippen LogP contribution is 2.15. The summed E-state index contributed by atoms with van der Waals surface area (Å²) in [5.41, 5.74) is 0. The number of rotatable bonds is 6. The first-order valence-corrected chi connectivity index (χ1v) is 4.50. The lowest BCUT2D eigenvalue weighted by Crippen LogP contribution is -2.31. The number of ether oxygens (including phenoxy) is 2. The third-order valence-electron chi connectivity index (χ3n) is 1.99. The molecule has 0 fully saturated rings. The van der Waals surface area contributed by atoms with Crippen molar-refractivity contribution in [3.63, 3.8) is 0 Å². The molecule has 0 spiro atoms. The van der Waals surface area contributed by atoms with E-state index in [1.807, 2.05) is 0 Å². The van der Waals surface area contributed by atoms with Crippen LogP contribution in [0.3, 0.4) is 0 Å². The van der Waals surface area contributed by atoms with Crippen molar-refractivity contribution in [2.45, 2.75) is 18.9 Å². The first-order valence-electron chi connectivity index (χ1n) is 4.50. The Morgan fingerprint density at radius 2 is 2.00 bits per heavy atom. The molecule has 5 nitrogen and oxygen atoms in total. The summed E-state index contributed by atoms with van der Waals surface area (Å²) in [6.07, 6.45) is 0.403. The molecule has 2 atom stereocenters. The van der Waals surface area contributed by atoms with E-state index in [1.165, 1.54) is 20.3 Å². The fourth-order valence-electron chi connectivity index (χ4n) is 1.14. The molecule has 0 aromatic heterocycles. The van der Waals surface area contributed by atoms with Crippen LogP contribution in [0.2, 0.25) is 0 Å². The minimum Gasteiger partial charge on any atom is -0.469 e. The highest BCUT2D eigenvalue weighted by atomic mass is 16.5. The maximum atomic E-state index is 11.2.